The normalized spacial score (nSPS) is 18.0. The van der Waals surface area contributed by atoms with Crippen molar-refractivity contribution >= 4 is 16.9 Å². The zero-order valence-electron chi connectivity index (χ0n) is 23.5. The quantitative estimate of drug-likeness (QED) is 0.367. The number of unbranched alkanes of at least 4 members (excludes halogenated alkanes) is 2. The van der Waals surface area contributed by atoms with Gasteiger partial charge < -0.3 is 20.1 Å². The number of fused-ring (bicyclic) bond motifs is 1. The van der Waals surface area contributed by atoms with Crippen LogP contribution < -0.4 is 10.6 Å². The van der Waals surface area contributed by atoms with Crippen molar-refractivity contribution in [3.05, 3.63) is 66.1 Å². The zero-order chi connectivity index (χ0) is 26.9. The zero-order valence-corrected chi connectivity index (χ0v) is 23.5. The topological polar surface area (TPSA) is 68.7 Å². The number of hydrogen-bond acceptors (Lipinski definition) is 5. The lowest BCUT2D eigenvalue weighted by molar-refractivity contribution is 0.0659. The van der Waals surface area contributed by atoms with Gasteiger partial charge in [0.15, 0.2) is 0 Å². The average Bonchev–Trinajstić information content (AvgIpc) is 3.32. The van der Waals surface area contributed by atoms with Gasteiger partial charge in [-0.2, -0.15) is 0 Å². The Hall–Kier alpha value is -2.94. The van der Waals surface area contributed by atoms with Gasteiger partial charge in [-0.1, -0.05) is 24.3 Å². The molecule has 8 heteroatoms. The van der Waals surface area contributed by atoms with Gasteiger partial charge in [0.05, 0.1) is 0 Å². The molecule has 0 bridgehead atoms. The Bertz CT molecular complexity index is 1160. The first-order valence-corrected chi connectivity index (χ1v) is 14.8. The van der Waals surface area contributed by atoms with Gasteiger partial charge in [-0.25, -0.2) is 4.79 Å². The van der Waals surface area contributed by atoms with E-state index in [1.54, 1.807) is 12.4 Å². The minimum Gasteiger partial charge on any atom is -0.347 e. The Morgan fingerprint density at radius 2 is 1.77 bits per heavy atom. The predicted octanol–water partition coefficient (Wildman–Crippen LogP) is 3.92. The molecular formula is C31H45N7O. The number of likely N-dealkylation sites (N-methyl/N-ethyl adjacent to an activating group) is 1. The van der Waals surface area contributed by atoms with Gasteiger partial charge >= 0.3 is 6.03 Å². The van der Waals surface area contributed by atoms with Crippen LogP contribution in [0.4, 0.5) is 4.79 Å². The summed E-state index contributed by atoms with van der Waals surface area (Å²) >= 11 is 0. The maximum Gasteiger partial charge on any atom is 0.315 e. The first-order valence-electron chi connectivity index (χ1n) is 14.8. The minimum absolute atomic E-state index is 0.118. The fourth-order valence-corrected chi connectivity index (χ4v) is 6.04. The van der Waals surface area contributed by atoms with Gasteiger partial charge in [0.1, 0.15) is 0 Å². The fourth-order valence-electron chi connectivity index (χ4n) is 6.04. The molecule has 4 heterocycles. The Kier molecular flexibility index (Phi) is 9.86. The summed E-state index contributed by atoms with van der Waals surface area (Å²) in [5, 5.41) is 7.25. The van der Waals surface area contributed by atoms with Crippen LogP contribution in [0.3, 0.4) is 0 Å². The number of carbonyl (C=O) groups is 1. The molecule has 1 aromatic carbocycles. The highest BCUT2D eigenvalue weighted by molar-refractivity contribution is 5.84. The van der Waals surface area contributed by atoms with Crippen LogP contribution in [-0.2, 0) is 19.6 Å². The van der Waals surface area contributed by atoms with E-state index < -0.39 is 0 Å². The maximum absolute atomic E-state index is 12.0. The van der Waals surface area contributed by atoms with Gasteiger partial charge in [-0.15, -0.1) is 0 Å². The number of nitrogens with one attached hydrogen (secondary N) is 2. The number of benzene rings is 1. The van der Waals surface area contributed by atoms with E-state index in [1.807, 2.05) is 12.1 Å². The third-order valence-electron chi connectivity index (χ3n) is 8.41. The van der Waals surface area contributed by atoms with Crippen LogP contribution in [-0.4, -0.2) is 89.2 Å². The van der Waals surface area contributed by atoms with E-state index in [0.717, 1.165) is 44.0 Å². The molecule has 2 aromatic heterocycles. The molecule has 0 spiro atoms. The molecule has 2 fully saturated rings. The largest absolute Gasteiger partial charge is 0.347 e. The molecule has 2 saturated heterocycles. The summed E-state index contributed by atoms with van der Waals surface area (Å²) in [6, 6.07) is 13.3. The van der Waals surface area contributed by atoms with Crippen LogP contribution in [0.5, 0.6) is 0 Å². The molecule has 39 heavy (non-hydrogen) atoms. The van der Waals surface area contributed by atoms with Crippen molar-refractivity contribution in [3.8, 4) is 0 Å². The SMILES string of the molecule is CN1CCN(C2CCN(Cc3cn(CCCCCNC(=O)NCc4cccnc4)c4ccccc34)CC2)CC1. The van der Waals surface area contributed by atoms with E-state index in [1.165, 1.54) is 68.6 Å². The molecule has 210 valence electrons. The van der Waals surface area contributed by atoms with Crippen LogP contribution in [0, 0.1) is 0 Å². The number of aromatic nitrogens is 2. The number of pyridine rings is 1. The number of likely N-dealkylation sites (tertiary alicyclic amines) is 1. The van der Waals surface area contributed by atoms with Crippen LogP contribution >= 0.6 is 0 Å². The Morgan fingerprint density at radius 3 is 2.56 bits per heavy atom. The Labute approximate surface area is 233 Å². The van der Waals surface area contributed by atoms with E-state index in [4.69, 9.17) is 0 Å². The van der Waals surface area contributed by atoms with Crippen LogP contribution in [0.2, 0.25) is 0 Å². The van der Waals surface area contributed by atoms with E-state index in [9.17, 15) is 4.79 Å². The molecule has 0 radical (unpaired) electrons. The molecule has 2 aliphatic rings. The van der Waals surface area contributed by atoms with Gasteiger partial charge in [-0.05, 0) is 75.5 Å². The number of carbonyl (C=O) groups excluding carboxylic acids is 1. The third-order valence-corrected chi connectivity index (χ3v) is 8.41. The highest BCUT2D eigenvalue weighted by atomic mass is 16.2. The van der Waals surface area contributed by atoms with Gasteiger partial charge in [-0.3, -0.25) is 14.8 Å². The molecule has 3 aromatic rings. The number of piperazine rings is 1. The van der Waals surface area contributed by atoms with Gasteiger partial charge in [0.25, 0.3) is 0 Å². The predicted molar refractivity (Wildman–Crippen MR) is 158 cm³/mol. The summed E-state index contributed by atoms with van der Waals surface area (Å²) in [6.07, 6.45) is 11.7. The second kappa shape index (κ2) is 13.9. The van der Waals surface area contributed by atoms with Crippen LogP contribution in [0.25, 0.3) is 10.9 Å². The van der Waals surface area contributed by atoms with E-state index >= 15 is 0 Å². The summed E-state index contributed by atoms with van der Waals surface area (Å²) < 4.78 is 2.44. The molecule has 0 unspecified atom stereocenters. The van der Waals surface area contributed by atoms with E-state index in [0.29, 0.717) is 13.1 Å². The molecule has 0 aliphatic carbocycles. The molecule has 2 amide bonds. The van der Waals surface area contributed by atoms with Crippen molar-refractivity contribution in [2.75, 3.05) is 52.9 Å². The van der Waals surface area contributed by atoms with Crippen molar-refractivity contribution in [1.82, 2.24) is 34.9 Å². The molecular weight excluding hydrogens is 486 g/mol. The molecule has 0 atom stereocenters. The second-order valence-corrected chi connectivity index (χ2v) is 11.2. The lowest BCUT2D eigenvalue weighted by atomic mass is 10.0. The van der Waals surface area contributed by atoms with Crippen molar-refractivity contribution < 1.29 is 4.79 Å². The number of rotatable bonds is 11. The highest BCUT2D eigenvalue weighted by Gasteiger charge is 2.27. The molecule has 0 saturated carbocycles. The number of amides is 2. The summed E-state index contributed by atoms with van der Waals surface area (Å²) in [6.45, 7) is 10.5. The van der Waals surface area contributed by atoms with Crippen molar-refractivity contribution in [1.29, 1.82) is 0 Å². The number of para-hydroxylation sites is 1. The molecule has 8 nitrogen and oxygen atoms in total. The summed E-state index contributed by atoms with van der Waals surface area (Å²) in [5.74, 6) is 0. The minimum atomic E-state index is -0.118. The summed E-state index contributed by atoms with van der Waals surface area (Å²) in [5.41, 5.74) is 3.80. The number of urea groups is 1. The monoisotopic (exact) mass is 531 g/mol. The lowest BCUT2D eigenvalue weighted by Gasteiger charge is -2.42. The third kappa shape index (κ3) is 7.81. The molecule has 2 aliphatic heterocycles. The second-order valence-electron chi connectivity index (χ2n) is 11.2. The standard InChI is InChI=1S/C31H45N7O/c1-35-18-20-37(21-19-35)28-11-16-36(17-12-28)24-27-25-38(30-10-4-3-9-29(27)30)15-6-2-5-14-33-31(39)34-23-26-8-7-13-32-22-26/h3-4,7-10,13,22,25,28H,2,5-6,11-12,14-21,23-24H2,1H3,(H2,33,34,39). The van der Waals surface area contributed by atoms with Crippen molar-refractivity contribution in [3.63, 3.8) is 0 Å². The van der Waals surface area contributed by atoms with Crippen molar-refractivity contribution in [2.24, 2.45) is 0 Å². The maximum atomic E-state index is 12.0. The number of nitrogens with zero attached hydrogens (tertiary/aromatic N) is 5. The van der Waals surface area contributed by atoms with Crippen LogP contribution in [0.15, 0.2) is 55.0 Å². The Balaban J connectivity index is 1.03. The number of aryl methyl sites for hydroxylation is 1. The van der Waals surface area contributed by atoms with E-state index in [-0.39, 0.29) is 6.03 Å². The highest BCUT2D eigenvalue weighted by Crippen LogP contribution is 2.26. The van der Waals surface area contributed by atoms with Gasteiger partial charge in [0.2, 0.25) is 0 Å². The first kappa shape index (κ1) is 27.6. The van der Waals surface area contributed by atoms with E-state index in [2.05, 4.69) is 72.4 Å². The van der Waals surface area contributed by atoms with Gasteiger partial charge in [0, 0.05) is 87.9 Å². The number of piperidine rings is 1. The lowest BCUT2D eigenvalue weighted by Crippen LogP contribution is -2.52. The molecule has 2 N–H and O–H groups in total. The number of hydrogen-bond donors (Lipinski definition) is 2. The fraction of sp³-hybridized carbons (Fsp3) is 0.548. The smallest absolute Gasteiger partial charge is 0.315 e. The molecule has 5 rings (SSSR count). The first-order chi connectivity index (χ1) is 19.2. The summed E-state index contributed by atoms with van der Waals surface area (Å²) in [4.78, 5) is 23.9. The Morgan fingerprint density at radius 1 is 0.949 bits per heavy atom. The average molecular weight is 532 g/mol. The van der Waals surface area contributed by atoms with Crippen LogP contribution in [0.1, 0.15) is 43.2 Å². The summed E-state index contributed by atoms with van der Waals surface area (Å²) in [7, 11) is 2.24. The van der Waals surface area contributed by atoms with Crippen molar-refractivity contribution in [2.45, 2.75) is 57.8 Å².